The molecule has 11 heteroatoms. The number of likely N-dealkylation sites (N-methyl/N-ethyl adjacent to an activating group) is 1. The van der Waals surface area contributed by atoms with Crippen molar-refractivity contribution in [1.82, 2.24) is 19.9 Å². The van der Waals surface area contributed by atoms with Crippen molar-refractivity contribution in [3.63, 3.8) is 0 Å². The minimum Gasteiger partial charge on any atom is -0.611 e. The Labute approximate surface area is 211 Å². The number of halogens is 1. The van der Waals surface area contributed by atoms with E-state index in [0.717, 1.165) is 59.9 Å². The molecule has 2 atom stereocenters. The molecular weight excluding hydrogens is 488 g/mol. The van der Waals surface area contributed by atoms with Crippen LogP contribution in [0.4, 0.5) is 11.8 Å². The average Bonchev–Trinajstić information content (AvgIpc) is 3.45. The first-order valence-electron chi connectivity index (χ1n) is 12.1. The number of nitrogens with zero attached hydrogens (tertiary/aromatic N) is 5. The number of benzene rings is 1. The van der Waals surface area contributed by atoms with Gasteiger partial charge in [0.05, 0.1) is 0 Å². The molecule has 35 heavy (non-hydrogen) atoms. The summed E-state index contributed by atoms with van der Waals surface area (Å²) in [4.78, 5) is 30.9. The summed E-state index contributed by atoms with van der Waals surface area (Å²) >= 11 is 4.99. The Kier molecular flexibility index (Phi) is 5.98. The van der Waals surface area contributed by atoms with Crippen LogP contribution in [0.3, 0.4) is 0 Å². The van der Waals surface area contributed by atoms with E-state index in [1.165, 1.54) is 0 Å². The summed E-state index contributed by atoms with van der Waals surface area (Å²) in [6, 6.07) is 5.60. The topological polar surface area (TPSA) is 110 Å². The Balaban J connectivity index is 1.20. The predicted octanol–water partition coefficient (Wildman–Crippen LogP) is 3.35. The fraction of sp³-hybridized carbons (Fsp3) is 0.500. The van der Waals surface area contributed by atoms with Crippen LogP contribution in [0.5, 0.6) is 0 Å². The second kappa shape index (κ2) is 9.15. The lowest BCUT2D eigenvalue weighted by molar-refractivity contribution is -0.132. The molecule has 2 fully saturated rings. The molecule has 1 amide bonds. The number of nitrogens with one attached hydrogen (secondary N) is 1. The van der Waals surface area contributed by atoms with E-state index in [-0.39, 0.29) is 17.9 Å². The van der Waals surface area contributed by atoms with Crippen molar-refractivity contribution in [3.8, 4) is 0 Å². The molecule has 2 unspecified atom stereocenters. The van der Waals surface area contributed by atoms with Crippen molar-refractivity contribution in [2.24, 2.45) is 0 Å². The van der Waals surface area contributed by atoms with E-state index in [1.807, 2.05) is 19.2 Å². The Hall–Kier alpha value is -2.56. The number of hydrogen-bond acceptors (Lipinski definition) is 8. The normalized spacial score (nSPS) is 23.2. The molecule has 3 aliphatic rings. The second-order valence-corrected chi connectivity index (χ2v) is 11.5. The molecule has 0 radical (unpaired) electrons. The van der Waals surface area contributed by atoms with Crippen LogP contribution in [-0.2, 0) is 22.4 Å². The highest BCUT2D eigenvalue weighted by molar-refractivity contribution is 7.91. The zero-order valence-corrected chi connectivity index (χ0v) is 21.1. The summed E-state index contributed by atoms with van der Waals surface area (Å²) in [5.74, 6) is 3.05. The molecule has 6 rings (SSSR count). The molecular formula is C24H27ClN6O3S. The monoisotopic (exact) mass is 514 g/mol. The van der Waals surface area contributed by atoms with Gasteiger partial charge in [0.25, 0.3) is 0 Å². The van der Waals surface area contributed by atoms with Crippen molar-refractivity contribution in [1.29, 1.82) is 0 Å². The highest BCUT2D eigenvalue weighted by Crippen LogP contribution is 2.36. The van der Waals surface area contributed by atoms with Gasteiger partial charge in [0.2, 0.25) is 16.8 Å². The summed E-state index contributed by atoms with van der Waals surface area (Å²) in [6.07, 6.45) is 3.70. The third kappa shape index (κ3) is 4.43. The highest BCUT2D eigenvalue weighted by atomic mass is 35.5. The Morgan fingerprint density at radius 3 is 2.80 bits per heavy atom. The third-order valence-electron chi connectivity index (χ3n) is 7.14. The van der Waals surface area contributed by atoms with Crippen molar-refractivity contribution >= 4 is 51.5 Å². The van der Waals surface area contributed by atoms with Gasteiger partial charge in [-0.15, -0.1) is 0 Å². The first-order valence-corrected chi connectivity index (χ1v) is 13.7. The minimum atomic E-state index is -1.10. The van der Waals surface area contributed by atoms with Crippen LogP contribution in [0.25, 0.3) is 11.1 Å². The number of oxazole rings is 1. The molecule has 2 aromatic heterocycles. The summed E-state index contributed by atoms with van der Waals surface area (Å²) in [7, 11) is 1.82. The van der Waals surface area contributed by atoms with Crippen LogP contribution in [-0.4, -0.2) is 68.8 Å². The van der Waals surface area contributed by atoms with Crippen LogP contribution in [0.15, 0.2) is 27.5 Å². The fourth-order valence-electron chi connectivity index (χ4n) is 5.16. The standard InChI is InChI=1S/C24H27ClN6O3S/c1-30-13-16(3-5-20(30)32)26-22-21-18(8-11-35(21)33)28-24(29-22)31-9-6-14(7-10-31)23-27-17-4-2-15(25)12-19(17)34-23/h2,4,12,14,16H,3,5-11,13H2,1H3,(H,26,28,29). The van der Waals surface area contributed by atoms with Gasteiger partial charge >= 0.3 is 0 Å². The molecule has 3 aromatic rings. The Morgan fingerprint density at radius 2 is 2.00 bits per heavy atom. The van der Waals surface area contributed by atoms with Crippen LogP contribution >= 0.6 is 11.6 Å². The lowest BCUT2D eigenvalue weighted by atomic mass is 9.97. The van der Waals surface area contributed by atoms with Gasteiger partial charge in [0, 0.05) is 62.6 Å². The summed E-state index contributed by atoms with van der Waals surface area (Å²) in [5.41, 5.74) is 2.41. The lowest BCUT2D eigenvalue weighted by Gasteiger charge is -2.32. The number of fused-ring (bicyclic) bond motifs is 2. The predicted molar refractivity (Wildman–Crippen MR) is 135 cm³/mol. The van der Waals surface area contributed by atoms with E-state index in [0.29, 0.717) is 41.9 Å². The van der Waals surface area contributed by atoms with Crippen molar-refractivity contribution in [3.05, 3.63) is 34.8 Å². The Morgan fingerprint density at radius 1 is 1.17 bits per heavy atom. The van der Waals surface area contributed by atoms with Gasteiger partial charge in [-0.05, 0) is 42.6 Å². The van der Waals surface area contributed by atoms with Crippen molar-refractivity contribution < 1.29 is 13.8 Å². The largest absolute Gasteiger partial charge is 0.611 e. The summed E-state index contributed by atoms with van der Waals surface area (Å²) < 4.78 is 18.7. The molecule has 184 valence electrons. The Bertz CT molecular complexity index is 1280. The zero-order chi connectivity index (χ0) is 24.1. The maximum absolute atomic E-state index is 12.7. The third-order valence-corrected chi connectivity index (χ3v) is 8.83. The molecule has 0 spiro atoms. The van der Waals surface area contributed by atoms with Gasteiger partial charge in [-0.25, -0.2) is 9.97 Å². The van der Waals surface area contributed by atoms with E-state index < -0.39 is 11.2 Å². The minimum absolute atomic E-state index is 0.0838. The summed E-state index contributed by atoms with van der Waals surface area (Å²) in [6.45, 7) is 2.18. The van der Waals surface area contributed by atoms with E-state index >= 15 is 0 Å². The number of likely N-dealkylation sites (tertiary alicyclic amines) is 1. The molecule has 9 nitrogen and oxygen atoms in total. The van der Waals surface area contributed by atoms with Gasteiger partial charge in [0.1, 0.15) is 17.0 Å². The van der Waals surface area contributed by atoms with E-state index in [9.17, 15) is 9.35 Å². The van der Waals surface area contributed by atoms with Gasteiger partial charge in [-0.1, -0.05) is 11.6 Å². The molecule has 2 saturated heterocycles. The zero-order valence-electron chi connectivity index (χ0n) is 19.5. The first-order chi connectivity index (χ1) is 16.9. The molecule has 0 bridgehead atoms. The number of aromatic nitrogens is 3. The second-order valence-electron chi connectivity index (χ2n) is 9.53. The van der Waals surface area contributed by atoms with Crippen LogP contribution in [0.1, 0.15) is 43.2 Å². The maximum Gasteiger partial charge on any atom is 0.227 e. The molecule has 1 N–H and O–H groups in total. The van der Waals surface area contributed by atoms with Crippen LogP contribution in [0.2, 0.25) is 5.02 Å². The van der Waals surface area contributed by atoms with Gasteiger partial charge in [-0.2, -0.15) is 4.98 Å². The van der Waals surface area contributed by atoms with Crippen molar-refractivity contribution in [2.75, 3.05) is 42.7 Å². The first kappa shape index (κ1) is 22.9. The van der Waals surface area contributed by atoms with Crippen LogP contribution in [0, 0.1) is 0 Å². The number of hydrogen-bond donors (Lipinski definition) is 1. The smallest absolute Gasteiger partial charge is 0.227 e. The van der Waals surface area contributed by atoms with E-state index in [1.54, 1.807) is 11.0 Å². The molecule has 5 heterocycles. The number of aryl methyl sites for hydroxylation is 1. The SMILES string of the molecule is CN1CC(Nc2nc(N3CCC(c4nc5ccc(Cl)cc5o4)CC3)nc3c2[S+]([O-])CC3)CCC1=O. The fourth-order valence-corrected chi connectivity index (χ4v) is 6.64. The maximum atomic E-state index is 12.7. The number of carbonyl (C=O) groups excluding carboxylic acids is 1. The quantitative estimate of drug-likeness (QED) is 0.528. The van der Waals surface area contributed by atoms with Gasteiger partial charge in [0.15, 0.2) is 17.3 Å². The van der Waals surface area contributed by atoms with E-state index in [2.05, 4.69) is 15.2 Å². The lowest BCUT2D eigenvalue weighted by Crippen LogP contribution is -2.43. The number of amides is 1. The summed E-state index contributed by atoms with van der Waals surface area (Å²) in [5, 5.41) is 4.14. The number of rotatable bonds is 4. The average molecular weight is 515 g/mol. The molecule has 0 saturated carbocycles. The number of anilines is 2. The van der Waals surface area contributed by atoms with Crippen molar-refractivity contribution in [2.45, 2.75) is 49.0 Å². The number of piperidine rings is 2. The van der Waals surface area contributed by atoms with Gasteiger partial charge < -0.3 is 24.1 Å². The molecule has 0 aliphatic carbocycles. The van der Waals surface area contributed by atoms with E-state index in [4.69, 9.17) is 26.0 Å². The van der Waals surface area contributed by atoms with Gasteiger partial charge in [-0.3, -0.25) is 4.79 Å². The molecule has 3 aliphatic heterocycles. The van der Waals surface area contributed by atoms with Crippen LogP contribution < -0.4 is 10.2 Å². The number of carbonyl (C=O) groups is 1. The molecule has 1 aromatic carbocycles. The highest BCUT2D eigenvalue weighted by Gasteiger charge is 2.35.